The molecule has 1 fully saturated rings. The van der Waals surface area contributed by atoms with Crippen molar-refractivity contribution in [2.24, 2.45) is 0 Å². The van der Waals surface area contributed by atoms with Gasteiger partial charge in [-0.05, 0) is 40.7 Å². The van der Waals surface area contributed by atoms with E-state index in [2.05, 4.69) is 46.2 Å². The first-order valence-corrected chi connectivity index (χ1v) is 7.29. The van der Waals surface area contributed by atoms with Gasteiger partial charge in [-0.3, -0.25) is 4.90 Å². The second-order valence-corrected chi connectivity index (χ2v) is 6.48. The second kappa shape index (κ2) is 5.66. The van der Waals surface area contributed by atoms with Crippen LogP contribution in [0.1, 0.15) is 60.3 Å². The number of hydrogen-bond donors (Lipinski definition) is 0. The van der Waals surface area contributed by atoms with Gasteiger partial charge in [-0.2, -0.15) is 0 Å². The number of carbonyl (C=O) groups is 1. The Hall–Kier alpha value is -0.830. The SMILES string of the molecule is C=C(C)C(=O)OC1CC(C)(CC)N(C)C(C)(CC)C1. The number of carbonyl (C=O) groups excluding carboxylic acids is 1. The maximum absolute atomic E-state index is 11.8. The first-order chi connectivity index (χ1) is 8.68. The summed E-state index contributed by atoms with van der Waals surface area (Å²) in [5.74, 6) is -0.258. The van der Waals surface area contributed by atoms with Crippen molar-refractivity contribution < 1.29 is 9.53 Å². The van der Waals surface area contributed by atoms with E-state index in [0.29, 0.717) is 5.57 Å². The lowest BCUT2D eigenvalue weighted by atomic mass is 9.74. The molecule has 0 N–H and O–H groups in total. The van der Waals surface area contributed by atoms with Gasteiger partial charge in [0.25, 0.3) is 0 Å². The summed E-state index contributed by atoms with van der Waals surface area (Å²) in [5, 5.41) is 0. The lowest BCUT2D eigenvalue weighted by molar-refractivity contribution is -0.156. The fraction of sp³-hybridized carbons (Fsp3) is 0.812. The van der Waals surface area contributed by atoms with Gasteiger partial charge in [-0.1, -0.05) is 20.4 Å². The van der Waals surface area contributed by atoms with Gasteiger partial charge in [0.2, 0.25) is 0 Å². The van der Waals surface area contributed by atoms with Crippen LogP contribution in [0.2, 0.25) is 0 Å². The first kappa shape index (κ1) is 16.2. The Morgan fingerprint density at radius 2 is 1.68 bits per heavy atom. The predicted octanol–water partition coefficient (Wildman–Crippen LogP) is 3.54. The maximum atomic E-state index is 11.8. The maximum Gasteiger partial charge on any atom is 0.333 e. The van der Waals surface area contributed by atoms with E-state index in [1.165, 1.54) is 0 Å². The van der Waals surface area contributed by atoms with Crippen LogP contribution in [-0.2, 0) is 9.53 Å². The second-order valence-electron chi connectivity index (χ2n) is 6.48. The number of ether oxygens (including phenoxy) is 1. The average molecular weight is 267 g/mol. The number of rotatable bonds is 4. The third-order valence-electron chi connectivity index (χ3n) is 5.10. The summed E-state index contributed by atoms with van der Waals surface area (Å²) in [6, 6.07) is 0. The molecule has 2 atom stereocenters. The molecule has 0 radical (unpaired) electrons. The van der Waals surface area contributed by atoms with Gasteiger partial charge in [0.1, 0.15) is 6.10 Å². The largest absolute Gasteiger partial charge is 0.459 e. The van der Waals surface area contributed by atoms with Crippen molar-refractivity contribution in [2.45, 2.75) is 77.5 Å². The van der Waals surface area contributed by atoms with Crippen molar-refractivity contribution in [1.29, 1.82) is 0 Å². The van der Waals surface area contributed by atoms with E-state index in [0.717, 1.165) is 25.7 Å². The molecule has 0 bridgehead atoms. The molecule has 1 aliphatic rings. The zero-order chi connectivity index (χ0) is 14.8. The van der Waals surface area contributed by atoms with E-state index in [1.54, 1.807) is 6.92 Å². The zero-order valence-corrected chi connectivity index (χ0v) is 13.4. The smallest absolute Gasteiger partial charge is 0.333 e. The summed E-state index contributed by atoms with van der Waals surface area (Å²) in [6.45, 7) is 14.3. The Kier molecular flexibility index (Phi) is 4.83. The molecule has 0 aromatic rings. The Balaban J connectivity index is 2.93. The van der Waals surface area contributed by atoms with Gasteiger partial charge in [0.15, 0.2) is 0 Å². The molecule has 2 unspecified atom stereocenters. The Labute approximate surface area is 118 Å². The van der Waals surface area contributed by atoms with Crippen molar-refractivity contribution in [3.63, 3.8) is 0 Å². The molecule has 0 spiro atoms. The van der Waals surface area contributed by atoms with Crippen LogP contribution in [0.25, 0.3) is 0 Å². The summed E-state index contributed by atoms with van der Waals surface area (Å²) < 4.78 is 5.63. The van der Waals surface area contributed by atoms with Gasteiger partial charge in [-0.15, -0.1) is 0 Å². The molecule has 0 aromatic heterocycles. The first-order valence-electron chi connectivity index (χ1n) is 7.29. The molecular weight excluding hydrogens is 238 g/mol. The van der Waals surface area contributed by atoms with Crippen LogP contribution in [0.4, 0.5) is 0 Å². The predicted molar refractivity (Wildman–Crippen MR) is 79.1 cm³/mol. The molecule has 0 amide bonds. The normalized spacial score (nSPS) is 36.0. The van der Waals surface area contributed by atoms with Gasteiger partial charge in [0, 0.05) is 29.5 Å². The van der Waals surface area contributed by atoms with Crippen molar-refractivity contribution in [2.75, 3.05) is 7.05 Å². The standard InChI is InChI=1S/C16H29NO2/c1-8-15(5)10-13(19-14(18)12(3)4)11-16(6,9-2)17(15)7/h13H,3,8-11H2,1-2,4-7H3. The lowest BCUT2D eigenvalue weighted by Gasteiger charge is -2.55. The van der Waals surface area contributed by atoms with Crippen LogP contribution >= 0.6 is 0 Å². The summed E-state index contributed by atoms with van der Waals surface area (Å²) in [6.07, 6.45) is 3.90. The van der Waals surface area contributed by atoms with E-state index < -0.39 is 0 Å². The highest BCUT2D eigenvalue weighted by Gasteiger charge is 2.47. The van der Waals surface area contributed by atoms with Gasteiger partial charge < -0.3 is 4.74 Å². The molecule has 110 valence electrons. The summed E-state index contributed by atoms with van der Waals surface area (Å²) in [7, 11) is 2.20. The fourth-order valence-electron chi connectivity index (χ4n) is 3.08. The van der Waals surface area contributed by atoms with E-state index >= 15 is 0 Å². The minimum Gasteiger partial charge on any atom is -0.459 e. The number of hydrogen-bond acceptors (Lipinski definition) is 3. The fourth-order valence-corrected chi connectivity index (χ4v) is 3.08. The van der Waals surface area contributed by atoms with E-state index in [-0.39, 0.29) is 23.2 Å². The average Bonchev–Trinajstić information content (AvgIpc) is 2.35. The van der Waals surface area contributed by atoms with Gasteiger partial charge in [0.05, 0.1) is 0 Å². The molecule has 1 heterocycles. The summed E-state index contributed by atoms with van der Waals surface area (Å²) in [5.41, 5.74) is 0.654. The Bertz CT molecular complexity index is 346. The molecule has 1 saturated heterocycles. The highest BCUT2D eigenvalue weighted by molar-refractivity contribution is 5.87. The highest BCUT2D eigenvalue weighted by atomic mass is 16.5. The minimum atomic E-state index is -0.258. The molecule has 0 saturated carbocycles. The molecule has 3 heteroatoms. The quantitative estimate of drug-likeness (QED) is 0.576. The molecule has 3 nitrogen and oxygen atoms in total. The van der Waals surface area contributed by atoms with Gasteiger partial charge >= 0.3 is 5.97 Å². The molecule has 1 rings (SSSR count). The van der Waals surface area contributed by atoms with Crippen molar-refractivity contribution >= 4 is 5.97 Å². The van der Waals surface area contributed by atoms with Gasteiger partial charge in [-0.25, -0.2) is 4.79 Å². The molecule has 1 aliphatic heterocycles. The molecule has 19 heavy (non-hydrogen) atoms. The molecular formula is C16H29NO2. The van der Waals surface area contributed by atoms with Crippen molar-refractivity contribution in [1.82, 2.24) is 4.90 Å². The lowest BCUT2D eigenvalue weighted by Crippen LogP contribution is -2.62. The van der Waals surface area contributed by atoms with Crippen LogP contribution in [-0.4, -0.2) is 35.1 Å². The monoisotopic (exact) mass is 267 g/mol. The van der Waals surface area contributed by atoms with Crippen LogP contribution in [0.3, 0.4) is 0 Å². The Morgan fingerprint density at radius 1 is 1.26 bits per heavy atom. The van der Waals surface area contributed by atoms with Crippen LogP contribution < -0.4 is 0 Å². The number of nitrogens with zero attached hydrogens (tertiary/aromatic N) is 1. The van der Waals surface area contributed by atoms with E-state index in [9.17, 15) is 4.79 Å². The minimum absolute atomic E-state index is 0.00435. The molecule has 0 aliphatic carbocycles. The number of esters is 1. The van der Waals surface area contributed by atoms with Crippen LogP contribution in [0.15, 0.2) is 12.2 Å². The highest BCUT2D eigenvalue weighted by Crippen LogP contribution is 2.42. The summed E-state index contributed by atoms with van der Waals surface area (Å²) >= 11 is 0. The van der Waals surface area contributed by atoms with Crippen LogP contribution in [0.5, 0.6) is 0 Å². The van der Waals surface area contributed by atoms with E-state index in [1.807, 2.05) is 0 Å². The number of piperidine rings is 1. The van der Waals surface area contributed by atoms with Crippen molar-refractivity contribution in [3.05, 3.63) is 12.2 Å². The molecule has 0 aromatic carbocycles. The van der Waals surface area contributed by atoms with E-state index in [4.69, 9.17) is 4.74 Å². The topological polar surface area (TPSA) is 29.5 Å². The third-order valence-corrected chi connectivity index (χ3v) is 5.10. The van der Waals surface area contributed by atoms with Crippen LogP contribution in [0, 0.1) is 0 Å². The zero-order valence-electron chi connectivity index (χ0n) is 13.4. The third kappa shape index (κ3) is 3.19. The number of likely N-dealkylation sites (tertiary alicyclic amines) is 1. The van der Waals surface area contributed by atoms with Crippen molar-refractivity contribution in [3.8, 4) is 0 Å². The summed E-state index contributed by atoms with van der Waals surface area (Å²) in [4.78, 5) is 14.2. The Morgan fingerprint density at radius 3 is 2.00 bits per heavy atom.